The Bertz CT molecular complexity index is 2010. The molecule has 47 heavy (non-hydrogen) atoms. The van der Waals surface area contributed by atoms with Gasteiger partial charge in [-0.25, -0.2) is 28.6 Å². The Kier molecular flexibility index (Phi) is 11.8. The third-order valence-corrected chi connectivity index (χ3v) is 8.89. The van der Waals surface area contributed by atoms with E-state index in [1.165, 1.54) is 17.2 Å². The molecule has 15 heteroatoms. The summed E-state index contributed by atoms with van der Waals surface area (Å²) in [7, 11) is 0. The van der Waals surface area contributed by atoms with Crippen LogP contribution in [0.2, 0.25) is 5.02 Å². The molecule has 0 radical (unpaired) electrons. The highest BCUT2D eigenvalue weighted by Gasteiger charge is 2.27. The maximum absolute atomic E-state index is 12.4. The Hall–Kier alpha value is -4.03. The van der Waals surface area contributed by atoms with Crippen molar-refractivity contribution in [1.82, 2.24) is 29.2 Å². The van der Waals surface area contributed by atoms with Gasteiger partial charge in [-0.3, -0.25) is 0 Å². The molecule has 6 rings (SSSR count). The standard InChI is InChI=1S/C16H13ClIN3O3.C16H14IN3O3/c1-2-23-16(22)11-13(24-8-10-6-4-3-5-7-10)12(17)14(18)21-15(11)19-9-20-21;1-2-22-16(21)14-12(23-9-11-6-4-3-5-7-11)8-13(17)20-15(14)18-10-19-20/h3-7,9H,2,8H2,1H3;3-8,10H,2,9H2,1H3. The third-order valence-electron chi connectivity index (χ3n) is 6.46. The molecule has 0 aliphatic rings. The first kappa shape index (κ1) is 34.3. The minimum atomic E-state index is -0.545. The van der Waals surface area contributed by atoms with E-state index < -0.39 is 11.9 Å². The number of aromatic nitrogens is 6. The average molecular weight is 881 g/mol. The average Bonchev–Trinajstić information content (AvgIpc) is 3.77. The van der Waals surface area contributed by atoms with Gasteiger partial charge >= 0.3 is 11.9 Å². The van der Waals surface area contributed by atoms with E-state index >= 15 is 0 Å². The summed E-state index contributed by atoms with van der Waals surface area (Å²) in [6, 6.07) is 21.1. The van der Waals surface area contributed by atoms with Gasteiger partial charge < -0.3 is 18.9 Å². The molecule has 0 aliphatic carbocycles. The lowest BCUT2D eigenvalue weighted by Crippen LogP contribution is -2.13. The van der Waals surface area contributed by atoms with E-state index in [0.717, 1.165) is 14.8 Å². The number of ether oxygens (including phenoxy) is 4. The largest absolute Gasteiger partial charge is 0.488 e. The predicted octanol–water partition coefficient (Wildman–Crippen LogP) is 6.83. The van der Waals surface area contributed by atoms with Gasteiger partial charge in [0, 0.05) is 6.07 Å². The number of benzene rings is 2. The van der Waals surface area contributed by atoms with E-state index in [0.29, 0.717) is 37.9 Å². The van der Waals surface area contributed by atoms with Crippen molar-refractivity contribution in [3.8, 4) is 11.5 Å². The van der Waals surface area contributed by atoms with Gasteiger partial charge in [-0.05, 0) is 70.2 Å². The monoisotopic (exact) mass is 880 g/mol. The molecule has 0 unspecified atom stereocenters. The van der Waals surface area contributed by atoms with Gasteiger partial charge in [-0.15, -0.1) is 0 Å². The van der Waals surface area contributed by atoms with E-state index in [1.807, 2.05) is 83.3 Å². The van der Waals surface area contributed by atoms with E-state index in [4.69, 9.17) is 30.5 Å². The Morgan fingerprint density at radius 1 is 0.745 bits per heavy atom. The molecule has 4 aromatic heterocycles. The second kappa shape index (κ2) is 16.2. The number of carbonyl (C=O) groups is 2. The van der Waals surface area contributed by atoms with Gasteiger partial charge in [0.2, 0.25) is 0 Å². The highest BCUT2D eigenvalue weighted by molar-refractivity contribution is 14.1. The van der Waals surface area contributed by atoms with Gasteiger partial charge in [0.15, 0.2) is 17.0 Å². The SMILES string of the molecule is CCOC(=O)c1c(OCc2ccccc2)c(Cl)c(I)n2ncnc12.CCOC(=O)c1c(OCc2ccccc2)cc(I)n2ncnc12. The highest BCUT2D eigenvalue weighted by atomic mass is 127. The molecule has 2 aromatic carbocycles. The summed E-state index contributed by atoms with van der Waals surface area (Å²) < 4.78 is 26.5. The van der Waals surface area contributed by atoms with Crippen LogP contribution >= 0.6 is 56.8 Å². The van der Waals surface area contributed by atoms with Crippen LogP contribution in [-0.2, 0) is 22.7 Å². The van der Waals surface area contributed by atoms with Crippen LogP contribution in [0.1, 0.15) is 45.7 Å². The molecule has 0 amide bonds. The fraction of sp³-hybridized carbons (Fsp3) is 0.188. The zero-order valence-corrected chi connectivity index (χ0v) is 30.2. The van der Waals surface area contributed by atoms with E-state index in [-0.39, 0.29) is 31.1 Å². The molecule has 0 N–H and O–H groups in total. The third kappa shape index (κ3) is 7.93. The molecule has 0 spiro atoms. The molecular weight excluding hydrogens is 854 g/mol. The number of esters is 2. The van der Waals surface area contributed by atoms with Crippen LogP contribution in [-0.4, -0.2) is 54.3 Å². The van der Waals surface area contributed by atoms with Crippen LogP contribution in [0.25, 0.3) is 11.3 Å². The van der Waals surface area contributed by atoms with Crippen molar-refractivity contribution in [2.75, 3.05) is 13.2 Å². The Labute approximate surface area is 301 Å². The fourth-order valence-corrected chi connectivity index (χ4v) is 5.83. The maximum Gasteiger partial charge on any atom is 0.345 e. The first-order valence-corrected chi connectivity index (χ1v) is 16.8. The number of halogens is 3. The van der Waals surface area contributed by atoms with E-state index in [9.17, 15) is 9.59 Å². The topological polar surface area (TPSA) is 131 Å². The van der Waals surface area contributed by atoms with Crippen molar-refractivity contribution < 1.29 is 28.5 Å². The van der Waals surface area contributed by atoms with Crippen LogP contribution in [0, 0.1) is 7.40 Å². The van der Waals surface area contributed by atoms with Crippen LogP contribution in [0.3, 0.4) is 0 Å². The highest BCUT2D eigenvalue weighted by Crippen LogP contribution is 2.36. The lowest BCUT2D eigenvalue weighted by Gasteiger charge is -2.15. The summed E-state index contributed by atoms with van der Waals surface area (Å²) >= 11 is 10.6. The second-order valence-electron chi connectivity index (χ2n) is 9.50. The molecule has 0 saturated heterocycles. The molecule has 4 heterocycles. The van der Waals surface area contributed by atoms with Crippen molar-refractivity contribution in [3.63, 3.8) is 0 Å². The molecule has 0 aliphatic heterocycles. The molecule has 0 fully saturated rings. The van der Waals surface area contributed by atoms with Crippen molar-refractivity contribution in [1.29, 1.82) is 0 Å². The van der Waals surface area contributed by atoms with Crippen molar-refractivity contribution >= 4 is 80.0 Å². The first-order chi connectivity index (χ1) is 22.8. The summed E-state index contributed by atoms with van der Waals surface area (Å²) in [5.41, 5.74) is 3.22. The summed E-state index contributed by atoms with van der Waals surface area (Å²) in [4.78, 5) is 33.0. The summed E-state index contributed by atoms with van der Waals surface area (Å²) in [5, 5.41) is 8.51. The number of hydrogen-bond donors (Lipinski definition) is 0. The van der Waals surface area contributed by atoms with Gasteiger partial charge in [-0.1, -0.05) is 72.3 Å². The van der Waals surface area contributed by atoms with E-state index in [1.54, 1.807) is 24.4 Å². The lowest BCUT2D eigenvalue weighted by atomic mass is 10.2. The lowest BCUT2D eigenvalue weighted by molar-refractivity contribution is 0.0512. The minimum absolute atomic E-state index is 0.177. The number of rotatable bonds is 10. The zero-order valence-electron chi connectivity index (χ0n) is 25.1. The molecule has 6 aromatic rings. The number of fused-ring (bicyclic) bond motifs is 2. The number of carbonyl (C=O) groups excluding carboxylic acids is 2. The summed E-state index contributed by atoms with van der Waals surface area (Å²) in [6.07, 6.45) is 2.76. The smallest absolute Gasteiger partial charge is 0.345 e. The van der Waals surface area contributed by atoms with Crippen LogP contribution in [0.5, 0.6) is 11.5 Å². The first-order valence-electron chi connectivity index (χ1n) is 14.2. The number of nitrogens with zero attached hydrogens (tertiary/aromatic N) is 6. The molecule has 242 valence electrons. The Morgan fingerprint density at radius 3 is 1.83 bits per heavy atom. The Balaban J connectivity index is 0.000000185. The normalized spacial score (nSPS) is 10.7. The maximum atomic E-state index is 12.4. The Morgan fingerprint density at radius 2 is 1.26 bits per heavy atom. The quantitative estimate of drug-likeness (QED) is 0.0820. The fourth-order valence-electron chi connectivity index (χ4n) is 4.37. The van der Waals surface area contributed by atoms with Crippen LogP contribution in [0.4, 0.5) is 0 Å². The van der Waals surface area contributed by atoms with Gasteiger partial charge in [0.25, 0.3) is 0 Å². The van der Waals surface area contributed by atoms with Crippen molar-refractivity contribution in [2.24, 2.45) is 0 Å². The van der Waals surface area contributed by atoms with E-state index in [2.05, 4.69) is 42.8 Å². The van der Waals surface area contributed by atoms with Gasteiger partial charge in [0.05, 0.1) is 13.2 Å². The number of hydrogen-bond acceptors (Lipinski definition) is 10. The molecular formula is C32H27ClI2N6O6. The zero-order chi connectivity index (χ0) is 33.3. The molecule has 0 bridgehead atoms. The number of pyridine rings is 2. The second-order valence-corrected chi connectivity index (χ2v) is 12.0. The minimum Gasteiger partial charge on any atom is -0.488 e. The molecule has 0 saturated carbocycles. The van der Waals surface area contributed by atoms with Crippen molar-refractivity contribution in [2.45, 2.75) is 27.1 Å². The van der Waals surface area contributed by atoms with Crippen LogP contribution < -0.4 is 9.47 Å². The molecule has 0 atom stereocenters. The summed E-state index contributed by atoms with van der Waals surface area (Å²) in [5.74, 6) is -0.317. The van der Waals surface area contributed by atoms with Crippen LogP contribution in [0.15, 0.2) is 79.4 Å². The molecule has 12 nitrogen and oxygen atoms in total. The summed E-state index contributed by atoms with van der Waals surface area (Å²) in [6.45, 7) is 4.64. The van der Waals surface area contributed by atoms with Gasteiger partial charge in [-0.2, -0.15) is 10.2 Å². The predicted molar refractivity (Wildman–Crippen MR) is 190 cm³/mol. The van der Waals surface area contributed by atoms with Gasteiger partial charge in [0.1, 0.15) is 55.2 Å². The van der Waals surface area contributed by atoms with Crippen molar-refractivity contribution in [3.05, 3.63) is 114 Å².